The average Bonchev–Trinajstić information content (AvgIpc) is 2.41. The van der Waals surface area contributed by atoms with Crippen LogP contribution in [0.15, 0.2) is 22.9 Å². The molecule has 1 amide bonds. The third-order valence-corrected chi connectivity index (χ3v) is 4.43. The van der Waals surface area contributed by atoms with E-state index in [-0.39, 0.29) is 5.91 Å². The van der Waals surface area contributed by atoms with Crippen LogP contribution in [-0.2, 0) is 0 Å². The fourth-order valence-electron chi connectivity index (χ4n) is 2.62. The number of hydrogen-bond acceptors (Lipinski definition) is 2. The number of hydrogen-bond donors (Lipinski definition) is 1. The Bertz CT molecular complexity index is 411. The van der Waals surface area contributed by atoms with Crippen LogP contribution in [0.5, 0.6) is 0 Å². The first-order chi connectivity index (χ1) is 9.15. The Kier molecular flexibility index (Phi) is 5.37. The zero-order valence-corrected chi connectivity index (χ0v) is 12.9. The van der Waals surface area contributed by atoms with Crippen molar-refractivity contribution in [3.8, 4) is 0 Å². The Balaban J connectivity index is 1.70. The fraction of sp³-hybridized carbons (Fsp3) is 0.600. The molecule has 1 aliphatic rings. The monoisotopic (exact) mass is 324 g/mol. The van der Waals surface area contributed by atoms with Gasteiger partial charge in [0, 0.05) is 12.7 Å². The molecule has 1 saturated carbocycles. The summed E-state index contributed by atoms with van der Waals surface area (Å²) in [4.78, 5) is 15.9. The highest BCUT2D eigenvalue weighted by molar-refractivity contribution is 9.10. The van der Waals surface area contributed by atoms with Crippen LogP contribution >= 0.6 is 15.9 Å². The summed E-state index contributed by atoms with van der Waals surface area (Å²) in [5.41, 5.74) is 0.625. The number of halogens is 1. The summed E-state index contributed by atoms with van der Waals surface area (Å²) in [7, 11) is 0. The molecule has 1 aromatic heterocycles. The molecule has 2 rings (SSSR count). The van der Waals surface area contributed by atoms with E-state index in [0.29, 0.717) is 5.56 Å². The molecule has 104 valence electrons. The highest BCUT2D eigenvalue weighted by Crippen LogP contribution is 2.29. The van der Waals surface area contributed by atoms with Crippen molar-refractivity contribution >= 4 is 21.8 Å². The summed E-state index contributed by atoms with van der Waals surface area (Å²) < 4.78 is 0.750. The molecule has 1 aliphatic carbocycles. The van der Waals surface area contributed by atoms with Gasteiger partial charge in [0.2, 0.25) is 0 Å². The first-order valence-electron chi connectivity index (χ1n) is 7.05. The van der Waals surface area contributed by atoms with E-state index in [1.807, 2.05) is 0 Å². The van der Waals surface area contributed by atoms with Crippen molar-refractivity contribution in [1.29, 1.82) is 0 Å². The maximum Gasteiger partial charge on any atom is 0.252 e. The minimum Gasteiger partial charge on any atom is -0.352 e. The van der Waals surface area contributed by atoms with Gasteiger partial charge in [-0.1, -0.05) is 32.6 Å². The van der Waals surface area contributed by atoms with Gasteiger partial charge in [0.25, 0.3) is 5.91 Å². The fourth-order valence-corrected chi connectivity index (χ4v) is 2.85. The van der Waals surface area contributed by atoms with E-state index >= 15 is 0 Å². The summed E-state index contributed by atoms with van der Waals surface area (Å²) in [6.45, 7) is 3.10. The Hall–Kier alpha value is -0.900. The van der Waals surface area contributed by atoms with Gasteiger partial charge in [-0.25, -0.2) is 4.98 Å². The lowest BCUT2D eigenvalue weighted by Gasteiger charge is -2.26. The van der Waals surface area contributed by atoms with E-state index < -0.39 is 0 Å². The molecular weight excluding hydrogens is 304 g/mol. The van der Waals surface area contributed by atoms with E-state index in [2.05, 4.69) is 33.2 Å². The smallest absolute Gasteiger partial charge is 0.252 e. The SMILES string of the molecule is CC1CCC(CCNC(=O)c2ccc(Br)nc2)CC1. The molecule has 0 spiro atoms. The molecule has 1 fully saturated rings. The van der Waals surface area contributed by atoms with Crippen LogP contribution in [0.25, 0.3) is 0 Å². The molecule has 3 nitrogen and oxygen atoms in total. The van der Waals surface area contributed by atoms with Crippen LogP contribution in [-0.4, -0.2) is 17.4 Å². The van der Waals surface area contributed by atoms with Crippen LogP contribution in [0.1, 0.15) is 49.4 Å². The summed E-state index contributed by atoms with van der Waals surface area (Å²) in [5.74, 6) is 1.66. The van der Waals surface area contributed by atoms with Gasteiger partial charge in [0.15, 0.2) is 0 Å². The zero-order valence-electron chi connectivity index (χ0n) is 11.4. The van der Waals surface area contributed by atoms with Crippen LogP contribution < -0.4 is 5.32 Å². The zero-order chi connectivity index (χ0) is 13.7. The van der Waals surface area contributed by atoms with Gasteiger partial charge in [-0.3, -0.25) is 4.79 Å². The molecule has 0 atom stereocenters. The standard InChI is InChI=1S/C15H21BrN2O/c1-11-2-4-12(5-3-11)8-9-17-15(19)13-6-7-14(16)18-10-13/h6-7,10-12H,2-5,8-9H2,1H3,(H,17,19). The van der Waals surface area contributed by atoms with E-state index in [4.69, 9.17) is 0 Å². The van der Waals surface area contributed by atoms with Gasteiger partial charge >= 0.3 is 0 Å². The molecule has 0 radical (unpaired) electrons. The lowest BCUT2D eigenvalue weighted by molar-refractivity contribution is 0.0949. The number of rotatable bonds is 4. The number of amides is 1. The number of pyridine rings is 1. The molecule has 0 bridgehead atoms. The first kappa shape index (κ1) is 14.5. The van der Waals surface area contributed by atoms with Crippen molar-refractivity contribution in [2.45, 2.75) is 39.0 Å². The first-order valence-corrected chi connectivity index (χ1v) is 7.84. The van der Waals surface area contributed by atoms with Crippen molar-refractivity contribution in [1.82, 2.24) is 10.3 Å². The molecule has 1 heterocycles. The predicted octanol–water partition coefficient (Wildman–Crippen LogP) is 3.79. The second-order valence-corrected chi connectivity index (χ2v) is 6.35. The predicted molar refractivity (Wildman–Crippen MR) is 80.0 cm³/mol. The Labute approximate surface area is 123 Å². The number of nitrogens with zero attached hydrogens (tertiary/aromatic N) is 1. The third-order valence-electron chi connectivity index (χ3n) is 3.96. The van der Waals surface area contributed by atoms with E-state index in [1.165, 1.54) is 25.7 Å². The maximum atomic E-state index is 11.9. The van der Waals surface area contributed by atoms with Crippen molar-refractivity contribution < 1.29 is 4.79 Å². The van der Waals surface area contributed by atoms with Crippen LogP contribution in [0, 0.1) is 11.8 Å². The van der Waals surface area contributed by atoms with Gasteiger partial charge in [-0.05, 0) is 46.3 Å². The molecular formula is C15H21BrN2O. The summed E-state index contributed by atoms with van der Waals surface area (Å²) in [6, 6.07) is 3.58. The van der Waals surface area contributed by atoms with E-state index in [1.54, 1.807) is 18.3 Å². The highest BCUT2D eigenvalue weighted by Gasteiger charge is 2.18. The van der Waals surface area contributed by atoms with E-state index in [0.717, 1.165) is 29.4 Å². The van der Waals surface area contributed by atoms with Gasteiger partial charge in [-0.15, -0.1) is 0 Å². The summed E-state index contributed by atoms with van der Waals surface area (Å²) >= 11 is 3.26. The minimum atomic E-state index is -0.0239. The second-order valence-electron chi connectivity index (χ2n) is 5.54. The minimum absolute atomic E-state index is 0.0239. The lowest BCUT2D eigenvalue weighted by Crippen LogP contribution is -2.27. The Morgan fingerprint density at radius 2 is 2.11 bits per heavy atom. The van der Waals surface area contributed by atoms with Crippen molar-refractivity contribution in [3.63, 3.8) is 0 Å². The maximum absolute atomic E-state index is 11.9. The van der Waals surface area contributed by atoms with Crippen LogP contribution in [0.3, 0.4) is 0 Å². The third kappa shape index (κ3) is 4.60. The second kappa shape index (κ2) is 7.04. The van der Waals surface area contributed by atoms with Crippen molar-refractivity contribution in [3.05, 3.63) is 28.5 Å². The molecule has 4 heteroatoms. The Morgan fingerprint density at radius 3 is 2.74 bits per heavy atom. The number of carbonyl (C=O) groups is 1. The van der Waals surface area contributed by atoms with Gasteiger partial charge < -0.3 is 5.32 Å². The normalized spacial score (nSPS) is 23.1. The van der Waals surface area contributed by atoms with E-state index in [9.17, 15) is 4.79 Å². The topological polar surface area (TPSA) is 42.0 Å². The molecule has 0 aliphatic heterocycles. The van der Waals surface area contributed by atoms with Gasteiger partial charge in [0.1, 0.15) is 4.60 Å². The highest BCUT2D eigenvalue weighted by atomic mass is 79.9. The van der Waals surface area contributed by atoms with Crippen molar-refractivity contribution in [2.24, 2.45) is 11.8 Å². The number of nitrogens with one attached hydrogen (secondary N) is 1. The molecule has 19 heavy (non-hydrogen) atoms. The molecule has 1 N–H and O–H groups in total. The van der Waals surface area contributed by atoms with Gasteiger partial charge in [0.05, 0.1) is 5.56 Å². The van der Waals surface area contributed by atoms with Gasteiger partial charge in [-0.2, -0.15) is 0 Å². The quantitative estimate of drug-likeness (QED) is 0.856. The summed E-state index contributed by atoms with van der Waals surface area (Å²) in [6.07, 6.45) is 8.02. The largest absolute Gasteiger partial charge is 0.352 e. The number of carbonyl (C=O) groups excluding carboxylic acids is 1. The molecule has 0 aromatic carbocycles. The molecule has 0 unspecified atom stereocenters. The lowest BCUT2D eigenvalue weighted by atomic mass is 9.81. The molecule has 1 aromatic rings. The van der Waals surface area contributed by atoms with Crippen LogP contribution in [0.2, 0.25) is 0 Å². The number of aromatic nitrogens is 1. The van der Waals surface area contributed by atoms with Crippen molar-refractivity contribution in [2.75, 3.05) is 6.54 Å². The Morgan fingerprint density at radius 1 is 1.37 bits per heavy atom. The average molecular weight is 325 g/mol. The summed E-state index contributed by atoms with van der Waals surface area (Å²) in [5, 5.41) is 2.98. The van der Waals surface area contributed by atoms with Crippen LogP contribution in [0.4, 0.5) is 0 Å². The molecule has 0 saturated heterocycles.